The molecule has 0 radical (unpaired) electrons. The van der Waals surface area contributed by atoms with Crippen LogP contribution in [0, 0.1) is 23.6 Å². The van der Waals surface area contributed by atoms with Crippen LogP contribution in [-0.2, 0) is 14.3 Å². The summed E-state index contributed by atoms with van der Waals surface area (Å²) in [6.45, 7) is 0. The van der Waals surface area contributed by atoms with Gasteiger partial charge in [-0.3, -0.25) is 9.59 Å². The lowest BCUT2D eigenvalue weighted by Crippen LogP contribution is -2.38. The first kappa shape index (κ1) is 2.94. The van der Waals surface area contributed by atoms with Crippen LogP contribution >= 0.6 is 0 Å². The molecule has 1 saturated heterocycles. The lowest BCUT2D eigenvalue weighted by molar-refractivity contribution is -0.154. The third-order valence-electron chi connectivity index (χ3n) is 2.33. The van der Waals surface area contributed by atoms with E-state index in [1.54, 1.807) is 0 Å². The van der Waals surface area contributed by atoms with E-state index in [4.69, 9.17) is 11.0 Å². The van der Waals surface area contributed by atoms with Crippen molar-refractivity contribution in [1.82, 2.24) is 0 Å². The number of cyclic esters (lactones) is 2. The predicted octanol–water partition coefficient (Wildman–Crippen LogP) is 0.898. The number of hydrogen-bond donors (Lipinski definition) is 0. The van der Waals surface area contributed by atoms with Crippen LogP contribution in [0.15, 0.2) is 12.1 Å². The van der Waals surface area contributed by atoms with Crippen molar-refractivity contribution >= 4 is 11.9 Å². The Morgan fingerprint density at radius 2 is 1.77 bits per heavy atom. The average Bonchev–Trinajstić information content (AvgIpc) is 2.67. The molecule has 0 N–H and O–H groups in total. The smallest absolute Gasteiger partial charge is 0.318 e. The van der Waals surface area contributed by atoms with Crippen molar-refractivity contribution in [2.75, 3.05) is 0 Å². The molecule has 3 heteroatoms. The zero-order valence-corrected chi connectivity index (χ0v) is 6.38. The maximum atomic E-state index is 11.8. The second kappa shape index (κ2) is 2.22. The Bertz CT molecular complexity index is 576. The van der Waals surface area contributed by atoms with Gasteiger partial charge >= 0.3 is 11.9 Å². The number of allylic oxidation sites excluding steroid dienone is 2. The Morgan fingerprint density at radius 3 is 2.23 bits per heavy atom. The third-order valence-corrected chi connectivity index (χ3v) is 2.33. The minimum Gasteiger partial charge on any atom is -0.393 e. The number of hydrogen-bond acceptors (Lipinski definition) is 3. The summed E-state index contributed by atoms with van der Waals surface area (Å²) in [4.78, 5) is 23.6. The first-order valence-electron chi connectivity index (χ1n) is 7.80. The van der Waals surface area contributed by atoms with Gasteiger partial charge in [0, 0.05) is 8.22 Å². The van der Waals surface area contributed by atoms with Crippen LogP contribution in [0.2, 0.25) is 0 Å². The molecule has 0 aromatic rings. The first-order chi connectivity index (χ1) is 9.36. The van der Waals surface area contributed by atoms with Crippen molar-refractivity contribution in [3.8, 4) is 0 Å². The standard InChI is InChI=1S/C10H10O3/c11-9-7-5-1-2-6(4-3-5)8(7)10(12)13-9/h1-2,5-8H,3-4H2/i1D,2D,3D2,4D2,5D,6D. The molecule has 2 fully saturated rings. The molecule has 1 aliphatic heterocycles. The van der Waals surface area contributed by atoms with E-state index in [0.717, 1.165) is 0 Å². The highest BCUT2D eigenvalue weighted by Crippen LogP contribution is 2.48. The van der Waals surface area contributed by atoms with Crippen molar-refractivity contribution < 1.29 is 25.3 Å². The monoisotopic (exact) mass is 186 g/mol. The zero-order chi connectivity index (χ0) is 16.2. The molecule has 4 atom stereocenters. The molecule has 4 aliphatic rings. The molecule has 4 rings (SSSR count). The van der Waals surface area contributed by atoms with E-state index in [9.17, 15) is 9.59 Å². The number of rotatable bonds is 0. The SMILES string of the molecule is [2H]C1=C([2H])C2([2H])C3C(=O)OC(=O)C3C1([2H])C([2H])([2H])C2([2H])[2H]. The van der Waals surface area contributed by atoms with E-state index < -0.39 is 60.4 Å². The minimum absolute atomic E-state index is 0.953. The lowest BCUT2D eigenvalue weighted by Gasteiger charge is -2.37. The number of ether oxygens (including phenoxy) is 1. The van der Waals surface area contributed by atoms with E-state index in [1.807, 2.05) is 0 Å². The number of carbonyl (C=O) groups is 2. The maximum Gasteiger partial charge on any atom is 0.318 e. The van der Waals surface area contributed by atoms with E-state index >= 15 is 0 Å². The summed E-state index contributed by atoms with van der Waals surface area (Å²) < 4.78 is 67.9. The van der Waals surface area contributed by atoms with Gasteiger partial charge in [-0.25, -0.2) is 0 Å². The van der Waals surface area contributed by atoms with Gasteiger partial charge in [0.2, 0.25) is 0 Å². The average molecular weight is 186 g/mol. The number of carbonyl (C=O) groups excluding carboxylic acids is 2. The van der Waals surface area contributed by atoms with Gasteiger partial charge in [0.15, 0.2) is 0 Å². The van der Waals surface area contributed by atoms with Crippen molar-refractivity contribution in [2.24, 2.45) is 23.6 Å². The Labute approximate surface area is 87.0 Å². The van der Waals surface area contributed by atoms with E-state index in [0.29, 0.717) is 0 Å². The Morgan fingerprint density at radius 1 is 1.31 bits per heavy atom. The molecule has 0 aromatic heterocycles. The fraction of sp³-hybridized carbons (Fsp3) is 0.600. The molecule has 2 bridgehead atoms. The van der Waals surface area contributed by atoms with Gasteiger partial charge in [0.1, 0.15) is 0 Å². The minimum atomic E-state index is -3.10. The summed E-state index contributed by atoms with van der Waals surface area (Å²) in [5, 5.41) is 0. The van der Waals surface area contributed by atoms with Crippen LogP contribution in [0.4, 0.5) is 0 Å². The Kier molecular flexibility index (Phi) is 0.501. The third kappa shape index (κ3) is 0.794. The zero-order valence-electron chi connectivity index (χ0n) is 14.4. The van der Waals surface area contributed by atoms with E-state index in [-0.39, 0.29) is 0 Å². The molecule has 68 valence electrons. The molecular weight excluding hydrogens is 168 g/mol. The molecule has 3 aliphatic carbocycles. The van der Waals surface area contributed by atoms with Crippen LogP contribution in [0.3, 0.4) is 0 Å². The Hall–Kier alpha value is -1.12. The quantitative estimate of drug-likeness (QED) is 0.321. The Balaban J connectivity index is 2.46. The highest BCUT2D eigenvalue weighted by molar-refractivity contribution is 5.97. The summed E-state index contributed by atoms with van der Waals surface area (Å²) in [5.41, 5.74) is 0. The largest absolute Gasteiger partial charge is 0.393 e. The highest BCUT2D eigenvalue weighted by Gasteiger charge is 2.54. The van der Waals surface area contributed by atoms with Gasteiger partial charge in [-0.2, -0.15) is 0 Å². The van der Waals surface area contributed by atoms with Crippen molar-refractivity contribution in [2.45, 2.75) is 12.7 Å². The van der Waals surface area contributed by atoms with Crippen LogP contribution < -0.4 is 0 Å². The molecule has 13 heavy (non-hydrogen) atoms. The molecule has 0 amide bonds. The van der Waals surface area contributed by atoms with Gasteiger partial charge in [0.25, 0.3) is 0 Å². The van der Waals surface area contributed by atoms with Crippen molar-refractivity contribution in [1.29, 1.82) is 0 Å². The summed E-state index contributed by atoms with van der Waals surface area (Å²) in [6.07, 6.45) is -6.21. The van der Waals surface area contributed by atoms with Crippen LogP contribution in [0.25, 0.3) is 0 Å². The molecule has 0 aromatic carbocycles. The van der Waals surface area contributed by atoms with Gasteiger partial charge in [-0.05, 0) is 24.5 Å². The number of fused-ring (bicyclic) bond motifs is 1. The molecule has 4 unspecified atom stereocenters. The van der Waals surface area contributed by atoms with Crippen molar-refractivity contribution in [3.05, 3.63) is 12.1 Å². The normalized spacial score (nSPS) is 76.0. The lowest BCUT2D eigenvalue weighted by atomic mass is 9.63. The highest BCUT2D eigenvalue weighted by atomic mass is 16.6. The van der Waals surface area contributed by atoms with Crippen LogP contribution in [-0.4, -0.2) is 11.9 Å². The predicted molar refractivity (Wildman–Crippen MR) is 43.4 cm³/mol. The van der Waals surface area contributed by atoms with E-state index in [1.165, 1.54) is 0 Å². The first-order valence-corrected chi connectivity index (χ1v) is 3.80. The van der Waals surface area contributed by atoms with Crippen LogP contribution in [0.5, 0.6) is 0 Å². The topological polar surface area (TPSA) is 43.4 Å². The maximum absolute atomic E-state index is 11.8. The van der Waals surface area contributed by atoms with Crippen LogP contribution in [0.1, 0.15) is 23.7 Å². The summed E-state index contributed by atoms with van der Waals surface area (Å²) in [6, 6.07) is -1.91. The molecule has 3 nitrogen and oxygen atoms in total. The fourth-order valence-corrected chi connectivity index (χ4v) is 1.71. The summed E-state index contributed by atoms with van der Waals surface area (Å²) >= 11 is 0. The number of esters is 2. The van der Waals surface area contributed by atoms with E-state index in [2.05, 4.69) is 4.74 Å². The van der Waals surface area contributed by atoms with Gasteiger partial charge < -0.3 is 4.74 Å². The molecule has 1 heterocycles. The fourth-order valence-electron chi connectivity index (χ4n) is 1.71. The second-order valence-corrected chi connectivity index (χ2v) is 3.02. The van der Waals surface area contributed by atoms with Gasteiger partial charge in [-0.1, -0.05) is 12.1 Å². The second-order valence-electron chi connectivity index (χ2n) is 3.02. The van der Waals surface area contributed by atoms with Gasteiger partial charge in [0.05, 0.1) is 14.6 Å². The van der Waals surface area contributed by atoms with Crippen molar-refractivity contribution in [3.63, 3.8) is 0 Å². The molecule has 1 saturated carbocycles. The summed E-state index contributed by atoms with van der Waals surface area (Å²) in [5.74, 6) is -11.6. The van der Waals surface area contributed by atoms with Gasteiger partial charge in [-0.15, -0.1) is 0 Å². The molecular formula is C10H10O3. The molecule has 0 spiro atoms. The summed E-state index contributed by atoms with van der Waals surface area (Å²) in [7, 11) is 0.